The molecule has 0 radical (unpaired) electrons. The third-order valence-corrected chi connectivity index (χ3v) is 26.5. The van der Waals surface area contributed by atoms with E-state index in [1.54, 1.807) is 0 Å². The van der Waals surface area contributed by atoms with E-state index < -0.39 is 10.8 Å². The highest BCUT2D eigenvalue weighted by Crippen LogP contribution is 2.66. The number of rotatable bonds is 5. The Kier molecular flexibility index (Phi) is 12.0. The van der Waals surface area contributed by atoms with Gasteiger partial charge < -0.3 is 9.13 Å². The molecular weight excluding hydrogens is 1350 g/mol. The van der Waals surface area contributed by atoms with Gasteiger partial charge in [0.25, 0.3) is 0 Å². The van der Waals surface area contributed by atoms with Gasteiger partial charge in [-0.15, -0.1) is 0 Å². The van der Waals surface area contributed by atoms with Crippen LogP contribution >= 0.6 is 0 Å². The number of fused-ring (bicyclic) bond motifs is 30. The number of para-hydroxylation sites is 6. The molecule has 0 N–H and O–H groups in total. The van der Waals surface area contributed by atoms with Gasteiger partial charge in [0.2, 0.25) is 0 Å². The Morgan fingerprint density at radius 3 is 0.839 bits per heavy atom. The van der Waals surface area contributed by atoms with Gasteiger partial charge in [0, 0.05) is 21.5 Å². The number of nitrogens with zero attached hydrogens (tertiary/aromatic N) is 2. The second kappa shape index (κ2) is 22.1. The van der Waals surface area contributed by atoms with Crippen LogP contribution in [0.25, 0.3) is 198 Å². The third-order valence-electron chi connectivity index (χ3n) is 26.5. The highest BCUT2D eigenvalue weighted by Gasteiger charge is 2.53. The van der Waals surface area contributed by atoms with Crippen molar-refractivity contribution >= 4 is 108 Å². The molecule has 2 aromatic heterocycles. The average Bonchev–Trinajstić information content (AvgIpc) is 1.49. The first-order valence-electron chi connectivity index (χ1n) is 39.3. The van der Waals surface area contributed by atoms with Crippen molar-refractivity contribution in [2.24, 2.45) is 0 Å². The summed E-state index contributed by atoms with van der Waals surface area (Å²) in [6.45, 7) is 0. The minimum atomic E-state index is -0.647. The lowest BCUT2D eigenvalue weighted by Crippen LogP contribution is -2.33. The molecule has 2 atom stereocenters. The number of hydrogen-bond acceptors (Lipinski definition) is 0. The van der Waals surface area contributed by atoms with Gasteiger partial charge in [0.15, 0.2) is 0 Å². The van der Waals surface area contributed by atoms with Crippen LogP contribution in [0.2, 0.25) is 0 Å². The van der Waals surface area contributed by atoms with Crippen molar-refractivity contribution in [3.8, 4) is 89.3 Å². The van der Waals surface area contributed by atoms with Gasteiger partial charge in [-0.05, 0) is 223 Å². The van der Waals surface area contributed by atoms with Crippen LogP contribution < -0.4 is 0 Å². The van der Waals surface area contributed by atoms with Gasteiger partial charge in [-0.1, -0.05) is 352 Å². The first-order valence-corrected chi connectivity index (χ1v) is 39.3. The van der Waals surface area contributed by atoms with E-state index in [2.05, 4.69) is 397 Å². The van der Waals surface area contributed by atoms with Crippen molar-refractivity contribution in [3.63, 3.8) is 0 Å². The van der Waals surface area contributed by atoms with E-state index >= 15 is 0 Å². The summed E-state index contributed by atoms with van der Waals surface area (Å²) in [6, 6.07) is 149. The maximum absolute atomic E-state index is 2.62. The molecule has 2 spiro atoms. The van der Waals surface area contributed by atoms with Gasteiger partial charge in [-0.2, -0.15) is 0 Å². The van der Waals surface area contributed by atoms with Crippen molar-refractivity contribution < 1.29 is 0 Å². The predicted molar refractivity (Wildman–Crippen MR) is 469 cm³/mol. The molecule has 0 saturated carbocycles. The second-order valence-electron chi connectivity index (χ2n) is 31.3. The van der Waals surface area contributed by atoms with Crippen LogP contribution in [0.4, 0.5) is 0 Å². The van der Waals surface area contributed by atoms with E-state index in [9.17, 15) is 0 Å². The van der Waals surface area contributed by atoms with Crippen LogP contribution in [-0.4, -0.2) is 9.13 Å². The monoisotopic (exact) mass is 1410 g/mol. The van der Waals surface area contributed by atoms with E-state index in [0.29, 0.717) is 0 Å². The first-order chi connectivity index (χ1) is 55.6. The lowest BCUT2D eigenvalue weighted by atomic mass is 9.65. The topological polar surface area (TPSA) is 9.86 Å². The lowest BCUT2D eigenvalue weighted by Gasteiger charge is -2.39. The molecule has 0 fully saturated rings. The zero-order valence-corrected chi connectivity index (χ0v) is 60.8. The van der Waals surface area contributed by atoms with Crippen LogP contribution in [0.1, 0.15) is 44.5 Å². The molecule has 26 rings (SSSR count). The average molecular weight is 1410 g/mol. The fourth-order valence-corrected chi connectivity index (χ4v) is 22.4. The van der Waals surface area contributed by atoms with Gasteiger partial charge >= 0.3 is 0 Å². The van der Waals surface area contributed by atoms with Crippen molar-refractivity contribution in [1.82, 2.24) is 9.13 Å². The third kappa shape index (κ3) is 7.50. The molecule has 0 bridgehead atoms. The van der Waals surface area contributed by atoms with E-state index in [4.69, 9.17) is 0 Å². The summed E-state index contributed by atoms with van der Waals surface area (Å²) in [7, 11) is 0. The van der Waals surface area contributed by atoms with Gasteiger partial charge in [-0.25, -0.2) is 0 Å². The molecule has 0 saturated heterocycles. The molecule has 514 valence electrons. The first kappa shape index (κ1) is 60.6. The summed E-state index contributed by atoms with van der Waals surface area (Å²) in [5, 5.41) is 19.6. The Bertz CT molecular complexity index is 7560. The molecule has 4 aliphatic rings. The van der Waals surface area contributed by atoms with E-state index in [1.807, 2.05) is 0 Å². The Morgan fingerprint density at radius 1 is 0.152 bits per heavy atom. The maximum Gasteiger partial charge on any atom is 0.0754 e. The smallest absolute Gasteiger partial charge is 0.0754 e. The van der Waals surface area contributed by atoms with Crippen molar-refractivity contribution in [2.75, 3.05) is 0 Å². The zero-order chi connectivity index (χ0) is 72.8. The molecule has 2 nitrogen and oxygen atoms in total. The van der Waals surface area contributed by atoms with Crippen LogP contribution in [0, 0.1) is 0 Å². The van der Waals surface area contributed by atoms with E-state index in [-0.39, 0.29) is 0 Å². The summed E-state index contributed by atoms with van der Waals surface area (Å²) in [4.78, 5) is 0. The molecule has 112 heavy (non-hydrogen) atoms. The molecule has 2 aliphatic heterocycles. The minimum Gasteiger partial charge on any atom is -0.309 e. The maximum atomic E-state index is 2.62. The van der Waals surface area contributed by atoms with E-state index in [0.717, 1.165) is 0 Å². The highest BCUT2D eigenvalue weighted by atomic mass is 15.0. The quantitative estimate of drug-likeness (QED) is 0.152. The fourth-order valence-electron chi connectivity index (χ4n) is 22.4. The number of aromatic nitrogens is 2. The van der Waals surface area contributed by atoms with Crippen LogP contribution in [0.5, 0.6) is 0 Å². The van der Waals surface area contributed by atoms with Gasteiger partial charge in [0.05, 0.1) is 44.3 Å². The number of hydrogen-bond donors (Lipinski definition) is 0. The van der Waals surface area contributed by atoms with Gasteiger partial charge in [0.1, 0.15) is 0 Å². The summed E-state index contributed by atoms with van der Waals surface area (Å²) in [5.41, 5.74) is 33.7. The summed E-state index contributed by atoms with van der Waals surface area (Å²) >= 11 is 0. The van der Waals surface area contributed by atoms with Crippen molar-refractivity contribution in [3.05, 3.63) is 433 Å². The molecule has 0 amide bonds. The molecule has 2 aliphatic carbocycles. The Morgan fingerprint density at radius 2 is 0.411 bits per heavy atom. The van der Waals surface area contributed by atoms with Crippen LogP contribution in [-0.2, 0) is 10.8 Å². The Labute approximate surface area is 645 Å². The summed E-state index contributed by atoms with van der Waals surface area (Å²) < 4.78 is 5.11. The highest BCUT2D eigenvalue weighted by molar-refractivity contribution is 6.30. The molecule has 2 unspecified atom stereocenters. The largest absolute Gasteiger partial charge is 0.309 e. The summed E-state index contributed by atoms with van der Waals surface area (Å²) in [6.07, 6.45) is 0. The second-order valence-corrected chi connectivity index (χ2v) is 31.3. The number of benzene rings is 20. The molecule has 4 heterocycles. The lowest BCUT2D eigenvalue weighted by molar-refractivity contribution is 0.748. The predicted octanol–water partition coefficient (Wildman–Crippen LogP) is 28.5. The van der Waals surface area contributed by atoms with Crippen molar-refractivity contribution in [1.29, 1.82) is 0 Å². The molecule has 22 aromatic rings. The van der Waals surface area contributed by atoms with Crippen LogP contribution in [0.15, 0.2) is 388 Å². The molecule has 2 heteroatoms. The molecular formula is C110H64N2. The summed E-state index contributed by atoms with van der Waals surface area (Å²) in [5.74, 6) is 0. The van der Waals surface area contributed by atoms with Crippen molar-refractivity contribution in [2.45, 2.75) is 10.8 Å². The van der Waals surface area contributed by atoms with E-state index in [1.165, 1.54) is 242 Å². The van der Waals surface area contributed by atoms with Gasteiger partial charge in [-0.3, -0.25) is 0 Å². The van der Waals surface area contributed by atoms with Crippen LogP contribution in [0.3, 0.4) is 0 Å². The normalized spacial score (nSPS) is 15.4. The Balaban J connectivity index is 0.812. The fraction of sp³-hybridized carbons (Fsp3) is 0.0182. The SMILES string of the molecule is c1ccc2c(c1)-c1c(-c3cccc4c(-c5c6cccc(-c7cccc8ccccc78)c6cc6c(-c7cccc8ccccc78)cccc56)c5cccc(-c6cccc7c6-c6ccccc6C76c7ccccc7-n7c8ccccc8c8cccc6c87)c5cc34)cccc1C21c2ccccc2-n2c3ccccc3c3cccc1c32. The minimum absolute atomic E-state index is 0.647. The standard InChI is InChI=1S/C110H64N2/c1-3-31-67-65(27-1)29-17-37-69(67)71-39-19-43-79-87(71)63-88-72(70-38-18-30-66-28-2-4-32-68(66)70)40-20-44-80(88)105(79)106-81-45-21-41-73(77-47-23-55-95-103(77)85-35-5-9-51-91(85)109(95)93-53-11-15-61-101(93)111-99-59-13-7-33-75(99)83-49-25-57-97(109)107(83)111)89(81)64-90-74(42-22-46-82(90)106)78-48-24-56-96-104(78)86-36-6-10-52-92(86)110(96)94-54-12-16-62-102(94)112-100-60-14-8-34-76(100)84-50-26-58-98(110)108(84)112/h1-64H. The zero-order valence-electron chi connectivity index (χ0n) is 60.8. The Hall–Kier alpha value is -14.4. The molecule has 20 aromatic carbocycles.